The number of ether oxygens (including phenoxy) is 1. The molecule has 8 nitrogen and oxygen atoms in total. The summed E-state index contributed by atoms with van der Waals surface area (Å²) in [5, 5.41) is 17.8. The van der Waals surface area contributed by atoms with E-state index in [0.29, 0.717) is 12.2 Å². The number of nitrogens with zero attached hydrogens (tertiary/aromatic N) is 2. The van der Waals surface area contributed by atoms with E-state index in [1.165, 1.54) is 17.0 Å². The predicted molar refractivity (Wildman–Crippen MR) is 120 cm³/mol. The van der Waals surface area contributed by atoms with Crippen molar-refractivity contribution in [2.45, 2.75) is 19.4 Å². The summed E-state index contributed by atoms with van der Waals surface area (Å²) in [4.78, 5) is 38.0. The molecule has 0 aliphatic heterocycles. The number of phenolic OH excluding ortho intramolecular Hbond substituents is 1. The molecule has 3 aromatic rings. The molecule has 3 aromatic carbocycles. The first-order valence-electron chi connectivity index (χ1n) is 9.77. The van der Waals surface area contributed by atoms with Gasteiger partial charge in [0.25, 0.3) is 5.91 Å². The van der Waals surface area contributed by atoms with E-state index in [1.54, 1.807) is 39.4 Å². The van der Waals surface area contributed by atoms with Gasteiger partial charge in [0.2, 0.25) is 10.9 Å². The first-order valence-corrected chi connectivity index (χ1v) is 9.77. The van der Waals surface area contributed by atoms with Crippen molar-refractivity contribution in [2.24, 2.45) is 0 Å². The quantitative estimate of drug-likeness (QED) is 0.308. The number of phenols is 1. The van der Waals surface area contributed by atoms with E-state index in [-0.39, 0.29) is 59.2 Å². The van der Waals surface area contributed by atoms with Crippen molar-refractivity contribution in [3.05, 3.63) is 79.4 Å². The SMILES string of the molecule is CCC([N-]c1c(Nc2cccc(C(=O)N(C)C)c2O)c(=O)c1=O)c1ccc(OC)cc1.[Li+]. The Balaban J connectivity index is 0.00000363. The van der Waals surface area contributed by atoms with E-state index in [2.05, 4.69) is 10.6 Å². The molecule has 3 rings (SSSR count). The van der Waals surface area contributed by atoms with Crippen LogP contribution >= 0.6 is 0 Å². The van der Waals surface area contributed by atoms with E-state index >= 15 is 0 Å². The minimum atomic E-state index is -0.716. The standard InChI is InChI=1S/C23H25N3O5.Li/c1-5-16(13-9-11-14(31-4)12-10-13)24-18-19(22(29)21(18)28)25-17-8-6-7-15(20(17)27)23(30)26(2)3;/h6-12,16H,5H2,1-4H3,(H3,24,25,27,28,29,30);/q;+1/p-1. The van der Waals surface area contributed by atoms with Crippen LogP contribution in [0.5, 0.6) is 11.5 Å². The Morgan fingerprint density at radius 3 is 2.34 bits per heavy atom. The van der Waals surface area contributed by atoms with Gasteiger partial charge in [-0.05, 0) is 24.3 Å². The van der Waals surface area contributed by atoms with E-state index in [0.717, 1.165) is 5.56 Å². The number of methoxy groups -OCH3 is 1. The van der Waals surface area contributed by atoms with Crippen molar-refractivity contribution in [3.8, 4) is 11.5 Å². The average Bonchev–Trinajstić information content (AvgIpc) is 2.79. The summed E-state index contributed by atoms with van der Waals surface area (Å²) < 4.78 is 5.16. The molecular formula is C23H24LiN3O5. The number of carbonyl (C=O) groups excluding carboxylic acids is 1. The van der Waals surface area contributed by atoms with Crippen LogP contribution in [0.1, 0.15) is 35.3 Å². The third-order valence-corrected chi connectivity index (χ3v) is 4.99. The number of carbonyl (C=O) groups is 1. The third kappa shape index (κ3) is 4.82. The molecule has 162 valence electrons. The largest absolute Gasteiger partial charge is 1.00 e. The monoisotopic (exact) mass is 429 g/mol. The van der Waals surface area contributed by atoms with Crippen LogP contribution in [0.25, 0.3) is 5.32 Å². The molecule has 0 fully saturated rings. The fourth-order valence-corrected chi connectivity index (χ4v) is 3.19. The molecule has 0 aromatic heterocycles. The zero-order chi connectivity index (χ0) is 22.7. The Kier molecular flexibility index (Phi) is 8.14. The Labute approximate surface area is 198 Å². The third-order valence-electron chi connectivity index (χ3n) is 4.99. The maximum absolute atomic E-state index is 12.2. The molecule has 0 radical (unpaired) electrons. The average molecular weight is 429 g/mol. The van der Waals surface area contributed by atoms with Gasteiger partial charge in [0.15, 0.2) is 5.75 Å². The number of hydrogen-bond acceptors (Lipinski definition) is 6. The fraction of sp³-hybridized carbons (Fsp3) is 0.261. The summed E-state index contributed by atoms with van der Waals surface area (Å²) >= 11 is 0. The van der Waals surface area contributed by atoms with Crippen molar-refractivity contribution >= 4 is 23.0 Å². The topological polar surface area (TPSA) is 110 Å². The summed E-state index contributed by atoms with van der Waals surface area (Å²) in [5.41, 5.74) is -0.269. The Bertz CT molecular complexity index is 1170. The van der Waals surface area contributed by atoms with Crippen LogP contribution in [0.15, 0.2) is 52.1 Å². The summed E-state index contributed by atoms with van der Waals surface area (Å²) in [6.07, 6.45) is 0.614. The summed E-state index contributed by atoms with van der Waals surface area (Å²) in [6, 6.07) is 11.6. The van der Waals surface area contributed by atoms with Gasteiger partial charge in [-0.3, -0.25) is 14.4 Å². The second kappa shape index (κ2) is 10.4. The van der Waals surface area contributed by atoms with Gasteiger partial charge in [0, 0.05) is 14.1 Å². The summed E-state index contributed by atoms with van der Waals surface area (Å²) in [5.74, 6) is 0.0155. The number of benzene rings is 2. The van der Waals surface area contributed by atoms with Gasteiger partial charge in [-0.25, -0.2) is 0 Å². The molecule has 1 unspecified atom stereocenters. The Morgan fingerprint density at radius 2 is 1.78 bits per heavy atom. The number of hydrogen-bond donors (Lipinski definition) is 2. The molecule has 1 amide bonds. The maximum Gasteiger partial charge on any atom is 1.00 e. The van der Waals surface area contributed by atoms with Crippen LogP contribution in [0.2, 0.25) is 0 Å². The summed E-state index contributed by atoms with van der Waals surface area (Å²) in [7, 11) is 4.72. The molecule has 0 bridgehead atoms. The van der Waals surface area contributed by atoms with Crippen LogP contribution in [0.4, 0.5) is 17.1 Å². The normalized spacial score (nSPS) is 11.4. The molecule has 0 heterocycles. The second-order valence-electron chi connectivity index (χ2n) is 7.23. The predicted octanol–water partition coefficient (Wildman–Crippen LogP) is 0.603. The van der Waals surface area contributed by atoms with E-state index in [4.69, 9.17) is 4.74 Å². The van der Waals surface area contributed by atoms with Crippen LogP contribution in [0.3, 0.4) is 0 Å². The molecule has 1 atom stereocenters. The molecule has 0 saturated heterocycles. The van der Waals surface area contributed by atoms with Crippen LogP contribution in [0, 0.1) is 0 Å². The van der Waals surface area contributed by atoms with Gasteiger partial charge in [-0.2, -0.15) is 0 Å². The molecule has 2 N–H and O–H groups in total. The van der Waals surface area contributed by atoms with E-state index < -0.39 is 10.9 Å². The molecule has 9 heteroatoms. The molecule has 0 saturated carbocycles. The number of nitrogens with one attached hydrogen (secondary N) is 1. The summed E-state index contributed by atoms with van der Waals surface area (Å²) in [6.45, 7) is 1.93. The number of amides is 1. The number of para-hydroxylation sites is 1. The van der Waals surface area contributed by atoms with Gasteiger partial charge in [0.1, 0.15) is 5.75 Å². The Morgan fingerprint density at radius 1 is 1.12 bits per heavy atom. The fourth-order valence-electron chi connectivity index (χ4n) is 3.19. The van der Waals surface area contributed by atoms with Gasteiger partial charge in [0.05, 0.1) is 24.0 Å². The first-order chi connectivity index (χ1) is 14.8. The van der Waals surface area contributed by atoms with E-state index in [9.17, 15) is 19.5 Å². The number of rotatable bonds is 8. The van der Waals surface area contributed by atoms with Crippen LogP contribution in [-0.4, -0.2) is 37.1 Å². The first kappa shape index (κ1) is 25.1. The van der Waals surface area contributed by atoms with Crippen molar-refractivity contribution in [3.63, 3.8) is 0 Å². The van der Waals surface area contributed by atoms with Gasteiger partial charge < -0.3 is 25.4 Å². The van der Waals surface area contributed by atoms with Crippen LogP contribution < -0.4 is 39.8 Å². The zero-order valence-electron chi connectivity index (χ0n) is 18.8. The maximum atomic E-state index is 12.2. The zero-order valence-corrected chi connectivity index (χ0v) is 18.8. The van der Waals surface area contributed by atoms with Crippen molar-refractivity contribution in [2.75, 3.05) is 26.5 Å². The van der Waals surface area contributed by atoms with E-state index in [1.807, 2.05) is 19.1 Å². The minimum Gasteiger partial charge on any atom is -0.673 e. The van der Waals surface area contributed by atoms with Crippen molar-refractivity contribution < 1.29 is 33.5 Å². The molecule has 32 heavy (non-hydrogen) atoms. The Hall–Kier alpha value is -3.21. The molecular weight excluding hydrogens is 405 g/mol. The minimum absolute atomic E-state index is 0. The van der Waals surface area contributed by atoms with Gasteiger partial charge >= 0.3 is 18.9 Å². The molecule has 0 aliphatic rings. The van der Waals surface area contributed by atoms with Gasteiger partial charge in [-0.15, -0.1) is 0 Å². The second-order valence-corrected chi connectivity index (χ2v) is 7.23. The van der Waals surface area contributed by atoms with Crippen molar-refractivity contribution in [1.82, 2.24) is 4.90 Å². The van der Waals surface area contributed by atoms with Crippen LogP contribution in [-0.2, 0) is 0 Å². The van der Waals surface area contributed by atoms with Gasteiger partial charge in [-0.1, -0.05) is 48.8 Å². The number of anilines is 2. The van der Waals surface area contributed by atoms with Crippen molar-refractivity contribution in [1.29, 1.82) is 0 Å². The smallest absolute Gasteiger partial charge is 0.673 e. The number of aromatic hydroxyl groups is 1. The molecule has 0 aliphatic carbocycles. The molecule has 0 spiro atoms.